The second kappa shape index (κ2) is 8.96. The summed E-state index contributed by atoms with van der Waals surface area (Å²) >= 11 is 7.81. The van der Waals surface area contributed by atoms with E-state index in [1.54, 1.807) is 23.7 Å². The molecule has 0 aliphatic carbocycles. The molecule has 34 heavy (non-hydrogen) atoms. The average molecular weight is 493 g/mol. The SMILES string of the molecule is Cc1sc2c(c1C)C(c1ccc(Cl)cc1)=NC(CC(=O)NN=Cc1ncc[nH]1)c1nnc(C)n1-2. The Balaban J connectivity index is 1.56. The highest BCUT2D eigenvalue weighted by atomic mass is 35.5. The van der Waals surface area contributed by atoms with Gasteiger partial charge in [0.1, 0.15) is 22.7 Å². The van der Waals surface area contributed by atoms with E-state index in [9.17, 15) is 4.79 Å². The molecule has 11 heteroatoms. The fourth-order valence-electron chi connectivity index (χ4n) is 3.87. The molecular formula is C23H21ClN8OS. The molecular weight excluding hydrogens is 472 g/mol. The summed E-state index contributed by atoms with van der Waals surface area (Å²) in [6, 6.07) is 7.03. The van der Waals surface area contributed by atoms with Gasteiger partial charge in [0.2, 0.25) is 5.91 Å². The number of hydrazone groups is 1. The van der Waals surface area contributed by atoms with Crippen LogP contribution in [0.1, 0.15) is 51.5 Å². The quantitative estimate of drug-likeness (QED) is 0.323. The van der Waals surface area contributed by atoms with Crippen LogP contribution < -0.4 is 5.43 Å². The van der Waals surface area contributed by atoms with E-state index in [4.69, 9.17) is 16.6 Å². The van der Waals surface area contributed by atoms with Gasteiger partial charge in [0.15, 0.2) is 5.82 Å². The van der Waals surface area contributed by atoms with Crippen LogP contribution in [0.25, 0.3) is 5.00 Å². The van der Waals surface area contributed by atoms with E-state index in [0.29, 0.717) is 16.7 Å². The fourth-order valence-corrected chi connectivity index (χ4v) is 5.21. The van der Waals surface area contributed by atoms with Gasteiger partial charge in [0.05, 0.1) is 18.3 Å². The summed E-state index contributed by atoms with van der Waals surface area (Å²) in [5, 5.41) is 14.3. The Morgan fingerprint density at radius 1 is 1.26 bits per heavy atom. The van der Waals surface area contributed by atoms with Gasteiger partial charge in [-0.1, -0.05) is 23.7 Å². The first-order chi connectivity index (χ1) is 16.4. The van der Waals surface area contributed by atoms with Gasteiger partial charge < -0.3 is 4.98 Å². The van der Waals surface area contributed by atoms with Crippen molar-refractivity contribution in [1.29, 1.82) is 0 Å². The molecule has 0 radical (unpaired) electrons. The van der Waals surface area contributed by atoms with Crippen molar-refractivity contribution in [2.45, 2.75) is 33.2 Å². The van der Waals surface area contributed by atoms with Gasteiger partial charge in [-0.05, 0) is 38.5 Å². The molecule has 0 saturated carbocycles. The fraction of sp³-hybridized carbons (Fsp3) is 0.217. The lowest BCUT2D eigenvalue weighted by molar-refractivity contribution is -0.121. The number of carbonyl (C=O) groups is 1. The number of hydrogen-bond donors (Lipinski definition) is 2. The van der Waals surface area contributed by atoms with E-state index in [1.165, 1.54) is 11.1 Å². The van der Waals surface area contributed by atoms with E-state index < -0.39 is 6.04 Å². The monoisotopic (exact) mass is 492 g/mol. The molecule has 2 N–H and O–H groups in total. The number of nitrogens with zero attached hydrogens (tertiary/aromatic N) is 6. The Kier molecular flexibility index (Phi) is 5.84. The maximum Gasteiger partial charge on any atom is 0.242 e. The number of amides is 1. The minimum absolute atomic E-state index is 0.0533. The highest BCUT2D eigenvalue weighted by Crippen LogP contribution is 2.39. The second-order valence-electron chi connectivity index (χ2n) is 7.88. The number of imidazole rings is 1. The van der Waals surface area contributed by atoms with Crippen molar-refractivity contribution < 1.29 is 4.79 Å². The molecule has 1 aromatic carbocycles. The van der Waals surface area contributed by atoms with Gasteiger partial charge in [-0.2, -0.15) is 5.10 Å². The molecule has 9 nitrogen and oxygen atoms in total. The Hall–Kier alpha value is -3.63. The molecule has 0 saturated heterocycles. The van der Waals surface area contributed by atoms with E-state index in [0.717, 1.165) is 33.2 Å². The molecule has 4 heterocycles. The summed E-state index contributed by atoms with van der Waals surface area (Å²) in [7, 11) is 0. The van der Waals surface area contributed by atoms with Crippen LogP contribution in [0.2, 0.25) is 5.02 Å². The van der Waals surface area contributed by atoms with Crippen LogP contribution in [0, 0.1) is 20.8 Å². The number of aromatic amines is 1. The number of carbonyl (C=O) groups excluding carboxylic acids is 1. The highest BCUT2D eigenvalue weighted by Gasteiger charge is 2.32. The van der Waals surface area contributed by atoms with Crippen LogP contribution >= 0.6 is 22.9 Å². The molecule has 0 spiro atoms. The van der Waals surface area contributed by atoms with Crippen LogP contribution in [0.5, 0.6) is 0 Å². The van der Waals surface area contributed by atoms with Gasteiger partial charge >= 0.3 is 0 Å². The predicted molar refractivity (Wildman–Crippen MR) is 132 cm³/mol. The maximum atomic E-state index is 12.8. The Labute approximate surface area is 204 Å². The largest absolute Gasteiger partial charge is 0.344 e. The third-order valence-corrected chi connectivity index (χ3v) is 7.08. The lowest BCUT2D eigenvalue weighted by Gasteiger charge is -2.12. The van der Waals surface area contributed by atoms with Gasteiger partial charge in [0.25, 0.3) is 0 Å². The lowest BCUT2D eigenvalue weighted by atomic mass is 9.99. The van der Waals surface area contributed by atoms with Gasteiger partial charge in [-0.25, -0.2) is 10.4 Å². The molecule has 1 amide bonds. The first kappa shape index (κ1) is 22.2. The number of aromatic nitrogens is 5. The molecule has 0 fully saturated rings. The Bertz CT molecular complexity index is 1420. The number of aliphatic imine (C=N–C) groups is 1. The number of aryl methyl sites for hydroxylation is 2. The van der Waals surface area contributed by atoms with Crippen molar-refractivity contribution in [2.75, 3.05) is 0 Å². The minimum Gasteiger partial charge on any atom is -0.344 e. The van der Waals surface area contributed by atoms with E-state index >= 15 is 0 Å². The topological polar surface area (TPSA) is 113 Å². The zero-order valence-corrected chi connectivity index (χ0v) is 20.3. The molecule has 1 aliphatic rings. The molecule has 5 rings (SSSR count). The standard InChI is InChI=1S/C23H21ClN8OS/c1-12-13(2)34-23-20(12)21(15-4-6-16(24)7-5-15)28-17(22-31-29-14(3)32(22)23)10-19(33)30-27-11-18-25-8-9-26-18/h4-9,11,17H,10H2,1-3H3,(H,25,26)(H,30,33). The van der Waals surface area contributed by atoms with Crippen molar-refractivity contribution in [3.05, 3.63) is 80.7 Å². The van der Waals surface area contributed by atoms with Crippen molar-refractivity contribution in [3.63, 3.8) is 0 Å². The van der Waals surface area contributed by atoms with E-state index in [2.05, 4.69) is 44.5 Å². The number of benzene rings is 1. The Morgan fingerprint density at radius 3 is 2.79 bits per heavy atom. The molecule has 1 aliphatic heterocycles. The van der Waals surface area contributed by atoms with Gasteiger partial charge in [-0.15, -0.1) is 21.5 Å². The summed E-state index contributed by atoms with van der Waals surface area (Å²) in [6.07, 6.45) is 4.79. The van der Waals surface area contributed by atoms with Gasteiger partial charge in [0, 0.05) is 33.4 Å². The maximum absolute atomic E-state index is 12.8. The molecule has 1 unspecified atom stereocenters. The molecule has 172 valence electrons. The highest BCUT2D eigenvalue weighted by molar-refractivity contribution is 7.15. The van der Waals surface area contributed by atoms with Crippen molar-refractivity contribution in [1.82, 2.24) is 30.2 Å². The molecule has 4 aromatic rings. The van der Waals surface area contributed by atoms with E-state index in [1.807, 2.05) is 35.8 Å². The molecule has 1 atom stereocenters. The molecule has 0 bridgehead atoms. The number of thiophene rings is 1. The zero-order valence-electron chi connectivity index (χ0n) is 18.7. The summed E-state index contributed by atoms with van der Waals surface area (Å²) in [6.45, 7) is 6.09. The summed E-state index contributed by atoms with van der Waals surface area (Å²) in [5.41, 5.74) is 6.44. The van der Waals surface area contributed by atoms with Crippen LogP contribution in [-0.2, 0) is 4.79 Å². The van der Waals surface area contributed by atoms with Crippen LogP contribution in [0.15, 0.2) is 46.8 Å². The number of fused-ring (bicyclic) bond motifs is 3. The van der Waals surface area contributed by atoms with Crippen LogP contribution in [0.3, 0.4) is 0 Å². The predicted octanol–water partition coefficient (Wildman–Crippen LogP) is 4.06. The van der Waals surface area contributed by atoms with Crippen LogP contribution in [0.4, 0.5) is 0 Å². The van der Waals surface area contributed by atoms with Crippen molar-refractivity contribution >= 4 is 40.8 Å². The summed E-state index contributed by atoms with van der Waals surface area (Å²) in [5.74, 6) is 1.61. The minimum atomic E-state index is -0.551. The Morgan fingerprint density at radius 2 is 2.06 bits per heavy atom. The third kappa shape index (κ3) is 4.06. The van der Waals surface area contributed by atoms with E-state index in [-0.39, 0.29) is 12.3 Å². The first-order valence-electron chi connectivity index (χ1n) is 10.6. The summed E-state index contributed by atoms with van der Waals surface area (Å²) < 4.78 is 2.01. The number of H-pyrrole nitrogens is 1. The normalized spacial score (nSPS) is 15.1. The lowest BCUT2D eigenvalue weighted by Crippen LogP contribution is -2.21. The van der Waals surface area contributed by atoms with Gasteiger partial charge in [-0.3, -0.25) is 14.4 Å². The smallest absolute Gasteiger partial charge is 0.242 e. The number of rotatable bonds is 5. The molecule has 3 aromatic heterocycles. The van der Waals surface area contributed by atoms with Crippen molar-refractivity contribution in [3.8, 4) is 5.00 Å². The van der Waals surface area contributed by atoms with Crippen molar-refractivity contribution in [2.24, 2.45) is 10.1 Å². The third-order valence-electron chi connectivity index (χ3n) is 5.63. The zero-order chi connectivity index (χ0) is 23.8. The first-order valence-corrected chi connectivity index (χ1v) is 11.8. The average Bonchev–Trinajstić information content (AvgIpc) is 3.51. The number of halogens is 1. The second-order valence-corrected chi connectivity index (χ2v) is 9.52. The van der Waals surface area contributed by atoms with Crippen LogP contribution in [-0.4, -0.2) is 42.6 Å². The number of nitrogens with one attached hydrogen (secondary N) is 2. The number of hydrogen-bond acceptors (Lipinski definition) is 7. The summed E-state index contributed by atoms with van der Waals surface area (Å²) in [4.78, 5) is 26.0.